The Labute approximate surface area is 164 Å². The molecule has 28 heavy (non-hydrogen) atoms. The van der Waals surface area contributed by atoms with E-state index in [4.69, 9.17) is 4.74 Å². The van der Waals surface area contributed by atoms with Crippen LogP contribution in [-0.4, -0.2) is 22.2 Å². The molecule has 2 heterocycles. The normalized spacial score (nSPS) is 12.1. The van der Waals surface area contributed by atoms with Crippen LogP contribution in [0.1, 0.15) is 28.3 Å². The molecule has 140 valence electrons. The Morgan fingerprint density at radius 1 is 0.964 bits per heavy atom. The Hall–Kier alpha value is -3.40. The second-order valence-corrected chi connectivity index (χ2v) is 6.89. The number of aromatic hydroxyl groups is 1. The first-order valence-corrected chi connectivity index (χ1v) is 9.28. The molecule has 1 unspecified atom stereocenters. The third kappa shape index (κ3) is 3.41. The molecule has 0 amide bonds. The quantitative estimate of drug-likeness (QED) is 0.535. The van der Waals surface area contributed by atoms with Gasteiger partial charge in [0.05, 0.1) is 7.11 Å². The maximum atomic E-state index is 11.0. The number of hydrogen-bond donors (Lipinski definition) is 1. The van der Waals surface area contributed by atoms with Crippen LogP contribution in [0.5, 0.6) is 11.5 Å². The molecule has 2 aromatic heterocycles. The third-order valence-corrected chi connectivity index (χ3v) is 5.13. The van der Waals surface area contributed by atoms with Gasteiger partial charge in [0.2, 0.25) is 0 Å². The fourth-order valence-electron chi connectivity index (χ4n) is 3.62. The van der Waals surface area contributed by atoms with E-state index >= 15 is 0 Å². The molecule has 0 spiro atoms. The number of aromatic nitrogens is 2. The summed E-state index contributed by atoms with van der Waals surface area (Å²) < 4.78 is 5.53. The number of fused-ring (bicyclic) bond motifs is 1. The zero-order chi connectivity index (χ0) is 19.5. The first kappa shape index (κ1) is 18.0. The van der Waals surface area contributed by atoms with Crippen molar-refractivity contribution in [2.24, 2.45) is 0 Å². The number of phenols is 1. The molecule has 4 rings (SSSR count). The van der Waals surface area contributed by atoms with Crippen molar-refractivity contribution in [2.45, 2.75) is 19.3 Å². The SMILES string of the molecule is COc1cc(C(Cc2ccccn2)c2ccc3cccnc3c2O)ccc1C. The summed E-state index contributed by atoms with van der Waals surface area (Å²) in [5, 5.41) is 11.9. The largest absolute Gasteiger partial charge is 0.505 e. The minimum Gasteiger partial charge on any atom is -0.505 e. The highest BCUT2D eigenvalue weighted by atomic mass is 16.5. The van der Waals surface area contributed by atoms with Crippen LogP contribution < -0.4 is 4.74 Å². The predicted octanol–water partition coefficient (Wildman–Crippen LogP) is 5.03. The van der Waals surface area contributed by atoms with Crippen LogP contribution in [0.2, 0.25) is 0 Å². The highest BCUT2D eigenvalue weighted by Crippen LogP contribution is 2.38. The molecule has 0 fully saturated rings. The maximum absolute atomic E-state index is 11.0. The lowest BCUT2D eigenvalue weighted by Crippen LogP contribution is -2.08. The van der Waals surface area contributed by atoms with Crippen molar-refractivity contribution < 1.29 is 9.84 Å². The number of methoxy groups -OCH3 is 1. The lowest BCUT2D eigenvalue weighted by Gasteiger charge is -2.21. The summed E-state index contributed by atoms with van der Waals surface area (Å²) >= 11 is 0. The number of pyridine rings is 2. The van der Waals surface area contributed by atoms with Crippen LogP contribution in [0.4, 0.5) is 0 Å². The van der Waals surface area contributed by atoms with Crippen LogP contribution >= 0.6 is 0 Å². The number of aryl methyl sites for hydroxylation is 1. The molecule has 2 aromatic carbocycles. The van der Waals surface area contributed by atoms with E-state index in [1.54, 1.807) is 19.5 Å². The van der Waals surface area contributed by atoms with Crippen LogP contribution in [0.3, 0.4) is 0 Å². The smallest absolute Gasteiger partial charge is 0.145 e. The maximum Gasteiger partial charge on any atom is 0.145 e. The van der Waals surface area contributed by atoms with E-state index < -0.39 is 0 Å². The Kier molecular flexibility index (Phi) is 4.94. The van der Waals surface area contributed by atoms with E-state index in [1.165, 1.54) is 0 Å². The standard InChI is InChI=1S/C24H22N2O2/c1-16-8-9-18(14-22(16)28-2)21(15-19-7-3-4-12-25-19)20-11-10-17-6-5-13-26-23(17)24(20)27/h3-14,21,27H,15H2,1-2H3. The molecule has 0 aliphatic carbocycles. The van der Waals surface area contributed by atoms with E-state index in [-0.39, 0.29) is 11.7 Å². The van der Waals surface area contributed by atoms with Gasteiger partial charge in [-0.15, -0.1) is 0 Å². The summed E-state index contributed by atoms with van der Waals surface area (Å²) in [5.41, 5.74) is 4.56. The molecule has 0 saturated heterocycles. The number of phenolic OH excluding ortho intramolecular Hbond substituents is 1. The van der Waals surface area contributed by atoms with Crippen molar-refractivity contribution in [2.75, 3.05) is 7.11 Å². The monoisotopic (exact) mass is 370 g/mol. The summed E-state index contributed by atoms with van der Waals surface area (Å²) in [5.74, 6) is 0.983. The van der Waals surface area contributed by atoms with Crippen molar-refractivity contribution >= 4 is 10.9 Å². The number of rotatable bonds is 5. The summed E-state index contributed by atoms with van der Waals surface area (Å²) in [6.07, 6.45) is 4.16. The molecule has 4 nitrogen and oxygen atoms in total. The molecule has 4 aromatic rings. The van der Waals surface area contributed by atoms with Crippen LogP contribution in [0.15, 0.2) is 73.1 Å². The summed E-state index contributed by atoms with van der Waals surface area (Å²) in [4.78, 5) is 8.88. The molecule has 0 aliphatic heterocycles. The zero-order valence-electron chi connectivity index (χ0n) is 16.0. The van der Waals surface area contributed by atoms with Gasteiger partial charge in [0.25, 0.3) is 0 Å². The van der Waals surface area contributed by atoms with E-state index in [2.05, 4.69) is 22.1 Å². The first-order valence-electron chi connectivity index (χ1n) is 9.28. The Bertz CT molecular complexity index is 1110. The Morgan fingerprint density at radius 3 is 2.61 bits per heavy atom. The van der Waals surface area contributed by atoms with Crippen molar-refractivity contribution in [1.82, 2.24) is 9.97 Å². The number of hydrogen-bond acceptors (Lipinski definition) is 4. The van der Waals surface area contributed by atoms with E-state index in [1.807, 2.05) is 55.5 Å². The van der Waals surface area contributed by atoms with Crippen molar-refractivity contribution in [3.05, 3.63) is 95.4 Å². The van der Waals surface area contributed by atoms with Gasteiger partial charge in [-0.1, -0.05) is 36.4 Å². The molecule has 0 saturated carbocycles. The topological polar surface area (TPSA) is 55.2 Å². The van der Waals surface area contributed by atoms with Crippen LogP contribution in [0, 0.1) is 6.92 Å². The van der Waals surface area contributed by atoms with Crippen LogP contribution in [-0.2, 0) is 6.42 Å². The van der Waals surface area contributed by atoms with E-state index in [9.17, 15) is 5.11 Å². The van der Waals surface area contributed by atoms with E-state index in [0.29, 0.717) is 11.9 Å². The molecule has 4 heteroatoms. The minimum absolute atomic E-state index is 0.0733. The first-order chi connectivity index (χ1) is 13.7. The van der Waals surface area contributed by atoms with Gasteiger partial charge in [-0.2, -0.15) is 0 Å². The lowest BCUT2D eigenvalue weighted by molar-refractivity contribution is 0.410. The predicted molar refractivity (Wildman–Crippen MR) is 111 cm³/mol. The van der Waals surface area contributed by atoms with Gasteiger partial charge in [-0.3, -0.25) is 9.97 Å². The van der Waals surface area contributed by atoms with Gasteiger partial charge < -0.3 is 9.84 Å². The second-order valence-electron chi connectivity index (χ2n) is 6.89. The highest BCUT2D eigenvalue weighted by molar-refractivity contribution is 5.85. The molecular formula is C24H22N2O2. The van der Waals surface area contributed by atoms with Gasteiger partial charge in [0.1, 0.15) is 17.0 Å². The minimum atomic E-state index is -0.0733. The van der Waals surface area contributed by atoms with Gasteiger partial charge in [-0.05, 0) is 42.3 Å². The number of nitrogens with zero attached hydrogens (tertiary/aromatic N) is 2. The van der Waals surface area contributed by atoms with E-state index in [0.717, 1.165) is 33.5 Å². The molecule has 0 bridgehead atoms. The molecular weight excluding hydrogens is 348 g/mol. The van der Waals surface area contributed by atoms with Crippen LogP contribution in [0.25, 0.3) is 10.9 Å². The molecule has 0 aliphatic rings. The Morgan fingerprint density at radius 2 is 1.82 bits per heavy atom. The third-order valence-electron chi connectivity index (χ3n) is 5.13. The van der Waals surface area contributed by atoms with Gasteiger partial charge in [-0.25, -0.2) is 0 Å². The molecule has 1 atom stereocenters. The highest BCUT2D eigenvalue weighted by Gasteiger charge is 2.22. The fourth-order valence-corrected chi connectivity index (χ4v) is 3.62. The van der Waals surface area contributed by atoms with Gasteiger partial charge in [0.15, 0.2) is 0 Å². The van der Waals surface area contributed by atoms with Crippen molar-refractivity contribution in [3.8, 4) is 11.5 Å². The van der Waals surface area contributed by atoms with Crippen molar-refractivity contribution in [3.63, 3.8) is 0 Å². The fraction of sp³-hybridized carbons (Fsp3) is 0.167. The number of ether oxygens (including phenoxy) is 1. The lowest BCUT2D eigenvalue weighted by atomic mass is 9.85. The second kappa shape index (κ2) is 7.69. The number of benzene rings is 2. The average Bonchev–Trinajstić information content (AvgIpc) is 2.74. The molecule has 0 radical (unpaired) electrons. The zero-order valence-corrected chi connectivity index (χ0v) is 16.0. The van der Waals surface area contributed by atoms with Gasteiger partial charge >= 0.3 is 0 Å². The van der Waals surface area contributed by atoms with Crippen molar-refractivity contribution in [1.29, 1.82) is 0 Å². The average molecular weight is 370 g/mol. The summed E-state index contributed by atoms with van der Waals surface area (Å²) in [6.45, 7) is 2.02. The molecule has 1 N–H and O–H groups in total. The van der Waals surface area contributed by atoms with Gasteiger partial charge in [0, 0.05) is 41.4 Å². The summed E-state index contributed by atoms with van der Waals surface area (Å²) in [6, 6.07) is 19.9. The summed E-state index contributed by atoms with van der Waals surface area (Å²) in [7, 11) is 1.68. The Balaban J connectivity index is 1.87.